The maximum atomic E-state index is 12.5. The second-order valence-corrected chi connectivity index (χ2v) is 5.38. The fourth-order valence-electron chi connectivity index (χ4n) is 2.57. The largest absolute Gasteiger partial charge is 0.494 e. The van der Waals surface area contributed by atoms with Crippen molar-refractivity contribution in [2.24, 2.45) is 0 Å². The van der Waals surface area contributed by atoms with Crippen LogP contribution in [0.15, 0.2) is 24.3 Å². The fraction of sp³-hybridized carbons (Fsp3) is 0.529. The van der Waals surface area contributed by atoms with Crippen molar-refractivity contribution >= 4 is 11.8 Å². The number of piperazine rings is 1. The van der Waals surface area contributed by atoms with Crippen LogP contribution in [0, 0.1) is 0 Å². The highest BCUT2D eigenvalue weighted by molar-refractivity contribution is 5.94. The summed E-state index contributed by atoms with van der Waals surface area (Å²) in [5.74, 6) is 0.982. The third kappa shape index (κ3) is 4.00. The van der Waals surface area contributed by atoms with Gasteiger partial charge in [-0.2, -0.15) is 0 Å². The van der Waals surface area contributed by atoms with E-state index in [1.54, 1.807) is 12.1 Å². The van der Waals surface area contributed by atoms with Gasteiger partial charge < -0.3 is 14.5 Å². The minimum atomic E-state index is 0.0191. The zero-order valence-corrected chi connectivity index (χ0v) is 13.4. The SMILES string of the molecule is CCCC(=O)N1CCN(C(=O)c2ccc(OCC)cc2)CC1. The van der Waals surface area contributed by atoms with Crippen LogP contribution in [0.2, 0.25) is 0 Å². The molecule has 22 heavy (non-hydrogen) atoms. The number of amides is 2. The van der Waals surface area contributed by atoms with E-state index in [1.165, 1.54) is 0 Å². The van der Waals surface area contributed by atoms with Crippen LogP contribution in [0.5, 0.6) is 5.75 Å². The molecule has 0 aromatic heterocycles. The van der Waals surface area contributed by atoms with Gasteiger partial charge in [0.25, 0.3) is 5.91 Å². The lowest BCUT2D eigenvalue weighted by Gasteiger charge is -2.34. The summed E-state index contributed by atoms with van der Waals surface area (Å²) in [5, 5.41) is 0. The molecule has 1 aromatic rings. The van der Waals surface area contributed by atoms with Crippen LogP contribution < -0.4 is 4.74 Å². The second-order valence-electron chi connectivity index (χ2n) is 5.38. The Labute approximate surface area is 131 Å². The third-order valence-corrected chi connectivity index (χ3v) is 3.80. The Morgan fingerprint density at radius 3 is 2.14 bits per heavy atom. The number of benzene rings is 1. The first-order chi connectivity index (χ1) is 10.7. The van der Waals surface area contributed by atoms with E-state index >= 15 is 0 Å². The first-order valence-electron chi connectivity index (χ1n) is 7.95. The van der Waals surface area contributed by atoms with E-state index in [1.807, 2.05) is 35.8 Å². The minimum Gasteiger partial charge on any atom is -0.494 e. The smallest absolute Gasteiger partial charge is 0.253 e. The van der Waals surface area contributed by atoms with Gasteiger partial charge in [0.15, 0.2) is 0 Å². The second kappa shape index (κ2) is 7.82. The summed E-state index contributed by atoms with van der Waals surface area (Å²) in [6.07, 6.45) is 1.46. The Morgan fingerprint density at radius 2 is 1.59 bits per heavy atom. The molecule has 2 rings (SSSR count). The molecule has 1 aromatic carbocycles. The molecule has 0 bridgehead atoms. The molecule has 1 saturated heterocycles. The summed E-state index contributed by atoms with van der Waals surface area (Å²) in [6, 6.07) is 7.22. The lowest BCUT2D eigenvalue weighted by Crippen LogP contribution is -2.50. The van der Waals surface area contributed by atoms with E-state index < -0.39 is 0 Å². The molecule has 0 spiro atoms. The van der Waals surface area contributed by atoms with Gasteiger partial charge in [-0.1, -0.05) is 6.92 Å². The number of carbonyl (C=O) groups excluding carboxylic acids is 2. The van der Waals surface area contributed by atoms with Gasteiger partial charge in [0.05, 0.1) is 6.61 Å². The lowest BCUT2D eigenvalue weighted by molar-refractivity contribution is -0.132. The highest BCUT2D eigenvalue weighted by Gasteiger charge is 2.24. The molecule has 1 aliphatic heterocycles. The van der Waals surface area contributed by atoms with Crippen molar-refractivity contribution in [2.45, 2.75) is 26.7 Å². The molecule has 0 N–H and O–H groups in total. The van der Waals surface area contributed by atoms with Gasteiger partial charge in [-0.15, -0.1) is 0 Å². The first kappa shape index (κ1) is 16.3. The standard InChI is InChI=1S/C17H24N2O3/c1-3-5-16(20)18-10-12-19(13-11-18)17(21)14-6-8-15(9-7-14)22-4-2/h6-9H,3-5,10-13H2,1-2H3. The van der Waals surface area contributed by atoms with Crippen LogP contribution in [-0.4, -0.2) is 54.4 Å². The lowest BCUT2D eigenvalue weighted by atomic mass is 10.1. The quantitative estimate of drug-likeness (QED) is 0.837. The van der Waals surface area contributed by atoms with E-state index in [0.29, 0.717) is 44.8 Å². The average molecular weight is 304 g/mol. The molecule has 1 aliphatic rings. The van der Waals surface area contributed by atoms with Crippen molar-refractivity contribution in [1.29, 1.82) is 0 Å². The van der Waals surface area contributed by atoms with Crippen LogP contribution in [-0.2, 0) is 4.79 Å². The molecule has 0 atom stereocenters. The van der Waals surface area contributed by atoms with E-state index in [0.717, 1.165) is 12.2 Å². The monoisotopic (exact) mass is 304 g/mol. The number of hydrogen-bond acceptors (Lipinski definition) is 3. The Kier molecular flexibility index (Phi) is 5.81. The molecule has 120 valence electrons. The summed E-state index contributed by atoms with van der Waals surface area (Å²) in [4.78, 5) is 28.0. The van der Waals surface area contributed by atoms with Crippen LogP contribution in [0.1, 0.15) is 37.0 Å². The molecule has 0 unspecified atom stereocenters. The topological polar surface area (TPSA) is 49.9 Å². The molecule has 0 radical (unpaired) electrons. The van der Waals surface area contributed by atoms with E-state index in [-0.39, 0.29) is 11.8 Å². The zero-order chi connectivity index (χ0) is 15.9. The summed E-state index contributed by atoms with van der Waals surface area (Å²) < 4.78 is 5.38. The molecule has 5 nitrogen and oxygen atoms in total. The van der Waals surface area contributed by atoms with Gasteiger partial charge in [-0.05, 0) is 37.6 Å². The molecule has 0 saturated carbocycles. The molecular weight excluding hydrogens is 280 g/mol. The Hall–Kier alpha value is -2.04. The van der Waals surface area contributed by atoms with Gasteiger partial charge in [0, 0.05) is 38.2 Å². The number of carbonyl (C=O) groups is 2. The maximum absolute atomic E-state index is 12.5. The molecular formula is C17H24N2O3. The van der Waals surface area contributed by atoms with Crippen LogP contribution >= 0.6 is 0 Å². The van der Waals surface area contributed by atoms with Crippen molar-refractivity contribution in [3.63, 3.8) is 0 Å². The number of hydrogen-bond donors (Lipinski definition) is 0. The number of nitrogens with zero attached hydrogens (tertiary/aromatic N) is 2. The zero-order valence-electron chi connectivity index (χ0n) is 13.4. The van der Waals surface area contributed by atoms with Gasteiger partial charge in [0.1, 0.15) is 5.75 Å². The summed E-state index contributed by atoms with van der Waals surface area (Å²) >= 11 is 0. The molecule has 5 heteroatoms. The Bertz CT molecular complexity index is 505. The van der Waals surface area contributed by atoms with E-state index in [4.69, 9.17) is 4.74 Å². The Morgan fingerprint density at radius 1 is 1.00 bits per heavy atom. The van der Waals surface area contributed by atoms with Crippen molar-refractivity contribution in [3.05, 3.63) is 29.8 Å². The average Bonchev–Trinajstić information content (AvgIpc) is 2.55. The number of rotatable bonds is 5. The molecule has 1 fully saturated rings. The molecule has 0 aliphatic carbocycles. The van der Waals surface area contributed by atoms with Crippen molar-refractivity contribution in [1.82, 2.24) is 9.80 Å². The number of ether oxygens (including phenoxy) is 1. The normalized spacial score (nSPS) is 14.8. The first-order valence-corrected chi connectivity index (χ1v) is 7.95. The Balaban J connectivity index is 1.90. The predicted octanol–water partition coefficient (Wildman–Crippen LogP) is 2.17. The van der Waals surface area contributed by atoms with Gasteiger partial charge in [-0.3, -0.25) is 9.59 Å². The van der Waals surface area contributed by atoms with Crippen molar-refractivity contribution in [2.75, 3.05) is 32.8 Å². The van der Waals surface area contributed by atoms with Crippen molar-refractivity contribution < 1.29 is 14.3 Å². The van der Waals surface area contributed by atoms with E-state index in [2.05, 4.69) is 0 Å². The highest BCUT2D eigenvalue weighted by atomic mass is 16.5. The van der Waals surface area contributed by atoms with Gasteiger partial charge in [-0.25, -0.2) is 0 Å². The minimum absolute atomic E-state index is 0.0191. The maximum Gasteiger partial charge on any atom is 0.253 e. The van der Waals surface area contributed by atoms with E-state index in [9.17, 15) is 9.59 Å². The van der Waals surface area contributed by atoms with Gasteiger partial charge in [0.2, 0.25) is 5.91 Å². The fourth-order valence-corrected chi connectivity index (χ4v) is 2.57. The predicted molar refractivity (Wildman–Crippen MR) is 85.0 cm³/mol. The summed E-state index contributed by atoms with van der Waals surface area (Å²) in [5.41, 5.74) is 0.664. The summed E-state index contributed by atoms with van der Waals surface area (Å²) in [6.45, 7) is 7.00. The van der Waals surface area contributed by atoms with Gasteiger partial charge >= 0.3 is 0 Å². The van der Waals surface area contributed by atoms with Crippen LogP contribution in [0.25, 0.3) is 0 Å². The molecule has 2 amide bonds. The molecule has 1 heterocycles. The van der Waals surface area contributed by atoms with Crippen molar-refractivity contribution in [3.8, 4) is 5.75 Å². The third-order valence-electron chi connectivity index (χ3n) is 3.80. The van der Waals surface area contributed by atoms with Crippen LogP contribution in [0.3, 0.4) is 0 Å². The summed E-state index contributed by atoms with van der Waals surface area (Å²) in [7, 11) is 0. The highest BCUT2D eigenvalue weighted by Crippen LogP contribution is 2.15. The van der Waals surface area contributed by atoms with Crippen LogP contribution in [0.4, 0.5) is 0 Å².